The van der Waals surface area contributed by atoms with Crippen LogP contribution in [0.2, 0.25) is 0 Å². The Morgan fingerprint density at radius 1 is 1.04 bits per heavy atom. The van der Waals surface area contributed by atoms with Crippen molar-refractivity contribution in [3.05, 3.63) is 76.4 Å². The van der Waals surface area contributed by atoms with Crippen molar-refractivity contribution in [3.8, 4) is 17.2 Å². The van der Waals surface area contributed by atoms with E-state index < -0.39 is 5.63 Å². The third-order valence-corrected chi connectivity index (χ3v) is 3.84. The summed E-state index contributed by atoms with van der Waals surface area (Å²) in [6, 6.07) is 16.7. The van der Waals surface area contributed by atoms with E-state index in [9.17, 15) is 4.79 Å². The molecule has 6 heteroatoms. The van der Waals surface area contributed by atoms with Gasteiger partial charge < -0.3 is 13.7 Å². The van der Waals surface area contributed by atoms with Gasteiger partial charge in [0.25, 0.3) is 5.89 Å². The van der Waals surface area contributed by atoms with E-state index in [1.165, 1.54) is 0 Å². The molecule has 0 amide bonds. The summed E-state index contributed by atoms with van der Waals surface area (Å²) >= 11 is 0. The van der Waals surface area contributed by atoms with E-state index in [0.29, 0.717) is 17.2 Å². The predicted octanol–water partition coefficient (Wildman–Crippen LogP) is 4.02. The molecule has 0 unspecified atom stereocenters. The molecule has 0 radical (unpaired) electrons. The molecule has 0 saturated heterocycles. The van der Waals surface area contributed by atoms with Gasteiger partial charge in [-0.1, -0.05) is 41.6 Å². The van der Waals surface area contributed by atoms with Crippen LogP contribution in [0.1, 0.15) is 11.4 Å². The summed E-state index contributed by atoms with van der Waals surface area (Å²) in [6.07, 6.45) is 3.58. The topological polar surface area (TPSA) is 78.4 Å². The van der Waals surface area contributed by atoms with Crippen molar-refractivity contribution in [1.29, 1.82) is 0 Å². The highest BCUT2D eigenvalue weighted by molar-refractivity contribution is 5.81. The van der Waals surface area contributed by atoms with E-state index in [-0.39, 0.29) is 11.5 Å². The molecule has 0 bridgehead atoms. The molecule has 2 heterocycles. The first-order valence-corrected chi connectivity index (χ1v) is 7.92. The Labute approximate surface area is 148 Å². The minimum Gasteiger partial charge on any atom is -0.497 e. The van der Waals surface area contributed by atoms with Crippen LogP contribution in [0.5, 0.6) is 5.75 Å². The van der Waals surface area contributed by atoms with Gasteiger partial charge in [0.15, 0.2) is 5.82 Å². The Morgan fingerprint density at radius 2 is 1.88 bits per heavy atom. The van der Waals surface area contributed by atoms with Crippen LogP contribution in [-0.2, 0) is 0 Å². The second-order valence-electron chi connectivity index (χ2n) is 5.55. The minimum absolute atomic E-state index is 0.115. The smallest absolute Gasteiger partial charge is 0.349 e. The monoisotopic (exact) mass is 346 g/mol. The molecule has 0 aliphatic rings. The van der Waals surface area contributed by atoms with Crippen molar-refractivity contribution < 1.29 is 13.7 Å². The third kappa shape index (κ3) is 3.12. The molecule has 0 fully saturated rings. The van der Waals surface area contributed by atoms with Gasteiger partial charge in [0.05, 0.1) is 7.11 Å². The zero-order chi connectivity index (χ0) is 17.9. The number of nitrogens with zero attached hydrogens (tertiary/aromatic N) is 2. The number of fused-ring (bicyclic) bond motifs is 1. The first-order valence-electron chi connectivity index (χ1n) is 7.92. The minimum atomic E-state index is -0.548. The molecule has 4 aromatic rings. The Kier molecular flexibility index (Phi) is 4.07. The normalized spacial score (nSPS) is 11.3. The highest BCUT2D eigenvalue weighted by Crippen LogP contribution is 2.23. The maximum Gasteiger partial charge on any atom is 0.349 e. The van der Waals surface area contributed by atoms with Crippen molar-refractivity contribution >= 4 is 23.1 Å². The number of hydrogen-bond donors (Lipinski definition) is 0. The van der Waals surface area contributed by atoms with Crippen LogP contribution in [0.4, 0.5) is 0 Å². The highest BCUT2D eigenvalue weighted by atomic mass is 16.5. The summed E-state index contributed by atoms with van der Waals surface area (Å²) in [5.74, 6) is 1.10. The predicted molar refractivity (Wildman–Crippen MR) is 97.7 cm³/mol. The Balaban J connectivity index is 1.68. The number of methoxy groups -OCH3 is 1. The van der Waals surface area contributed by atoms with Crippen molar-refractivity contribution in [2.75, 3.05) is 7.11 Å². The summed E-state index contributed by atoms with van der Waals surface area (Å²) in [4.78, 5) is 16.5. The lowest BCUT2D eigenvalue weighted by Gasteiger charge is -2.02. The van der Waals surface area contributed by atoms with E-state index in [1.54, 1.807) is 37.5 Å². The van der Waals surface area contributed by atoms with Crippen molar-refractivity contribution in [1.82, 2.24) is 10.1 Å². The third-order valence-electron chi connectivity index (χ3n) is 3.84. The number of ether oxygens (including phenoxy) is 1. The SMILES string of the molecule is COc1ccc2cc(-c3nc(C=Cc4ccccc4)no3)c(=O)oc2c1. The van der Waals surface area contributed by atoms with Gasteiger partial charge >= 0.3 is 5.63 Å². The first kappa shape index (κ1) is 15.8. The molecule has 0 saturated carbocycles. The lowest BCUT2D eigenvalue weighted by Crippen LogP contribution is -2.03. The molecule has 128 valence electrons. The lowest BCUT2D eigenvalue weighted by atomic mass is 10.2. The molecule has 0 spiro atoms. The quantitative estimate of drug-likeness (QED) is 0.519. The lowest BCUT2D eigenvalue weighted by molar-refractivity contribution is 0.413. The molecule has 0 aliphatic heterocycles. The molecule has 4 rings (SSSR count). The largest absolute Gasteiger partial charge is 0.497 e. The Hall–Kier alpha value is -3.67. The highest BCUT2D eigenvalue weighted by Gasteiger charge is 2.14. The van der Waals surface area contributed by atoms with Gasteiger partial charge in [0, 0.05) is 11.5 Å². The summed E-state index contributed by atoms with van der Waals surface area (Å²) in [5.41, 5.74) is 1.11. The van der Waals surface area contributed by atoms with E-state index in [4.69, 9.17) is 13.7 Å². The van der Waals surface area contributed by atoms with Gasteiger partial charge in [0.2, 0.25) is 0 Å². The van der Waals surface area contributed by atoms with E-state index in [0.717, 1.165) is 10.9 Å². The van der Waals surface area contributed by atoms with Crippen molar-refractivity contribution in [2.24, 2.45) is 0 Å². The molecular formula is C20H14N2O4. The average molecular weight is 346 g/mol. The van der Waals surface area contributed by atoms with Gasteiger partial charge in [-0.25, -0.2) is 4.79 Å². The Morgan fingerprint density at radius 3 is 2.69 bits per heavy atom. The molecule has 0 aliphatic carbocycles. The molecule has 2 aromatic heterocycles. The van der Waals surface area contributed by atoms with Gasteiger partial charge in [-0.15, -0.1) is 0 Å². The van der Waals surface area contributed by atoms with Crippen molar-refractivity contribution in [2.45, 2.75) is 0 Å². The molecule has 0 N–H and O–H groups in total. The van der Waals surface area contributed by atoms with Crippen LogP contribution in [0.25, 0.3) is 34.6 Å². The number of aromatic nitrogens is 2. The van der Waals surface area contributed by atoms with Gasteiger partial charge in [-0.2, -0.15) is 4.98 Å². The van der Waals surface area contributed by atoms with Crippen LogP contribution in [0, 0.1) is 0 Å². The number of benzene rings is 2. The average Bonchev–Trinajstić information content (AvgIpc) is 3.15. The summed E-state index contributed by atoms with van der Waals surface area (Å²) in [5, 5.41) is 4.62. The van der Waals surface area contributed by atoms with Crippen LogP contribution < -0.4 is 10.4 Å². The zero-order valence-corrected chi connectivity index (χ0v) is 13.9. The molecule has 0 atom stereocenters. The van der Waals surface area contributed by atoms with E-state index >= 15 is 0 Å². The van der Waals surface area contributed by atoms with Crippen LogP contribution in [0.15, 0.2) is 68.3 Å². The number of rotatable bonds is 4. The summed E-state index contributed by atoms with van der Waals surface area (Å²) < 4.78 is 15.7. The van der Waals surface area contributed by atoms with E-state index in [2.05, 4.69) is 10.1 Å². The standard InChI is InChI=1S/C20H14N2O4/c1-24-15-9-8-14-11-16(20(23)25-17(14)12-15)19-21-18(22-26-19)10-7-13-5-3-2-4-6-13/h2-12H,1H3. The zero-order valence-electron chi connectivity index (χ0n) is 13.9. The van der Waals surface area contributed by atoms with Crippen molar-refractivity contribution in [3.63, 3.8) is 0 Å². The fraction of sp³-hybridized carbons (Fsp3) is 0.0500. The molecule has 26 heavy (non-hydrogen) atoms. The summed E-state index contributed by atoms with van der Waals surface area (Å²) in [7, 11) is 1.55. The van der Waals surface area contributed by atoms with Crippen LogP contribution in [-0.4, -0.2) is 17.3 Å². The fourth-order valence-electron chi connectivity index (χ4n) is 2.51. The van der Waals surface area contributed by atoms with Crippen LogP contribution in [0.3, 0.4) is 0 Å². The maximum absolute atomic E-state index is 12.3. The summed E-state index contributed by atoms with van der Waals surface area (Å²) in [6.45, 7) is 0. The molecule has 2 aromatic carbocycles. The second-order valence-corrected chi connectivity index (χ2v) is 5.55. The first-order chi connectivity index (χ1) is 12.7. The maximum atomic E-state index is 12.3. The number of hydrogen-bond acceptors (Lipinski definition) is 6. The van der Waals surface area contributed by atoms with Crippen LogP contribution >= 0.6 is 0 Å². The van der Waals surface area contributed by atoms with E-state index in [1.807, 2.05) is 36.4 Å². The Bertz CT molecular complexity index is 1140. The van der Waals surface area contributed by atoms with Gasteiger partial charge in [0.1, 0.15) is 16.9 Å². The second kappa shape index (κ2) is 6.68. The van der Waals surface area contributed by atoms with Gasteiger partial charge in [-0.3, -0.25) is 0 Å². The fourth-order valence-corrected chi connectivity index (χ4v) is 2.51. The van der Waals surface area contributed by atoms with Gasteiger partial charge in [-0.05, 0) is 29.8 Å². The molecule has 6 nitrogen and oxygen atoms in total. The molecular weight excluding hydrogens is 332 g/mol.